The van der Waals surface area contributed by atoms with Crippen molar-refractivity contribution in [2.24, 2.45) is 5.92 Å². The summed E-state index contributed by atoms with van der Waals surface area (Å²) in [5.41, 5.74) is 1.03. The summed E-state index contributed by atoms with van der Waals surface area (Å²) < 4.78 is 28.5. The second-order valence-electron chi connectivity index (χ2n) is 5.53. The van der Waals surface area contributed by atoms with Crippen LogP contribution in [0.1, 0.15) is 13.8 Å². The Bertz CT molecular complexity index is 353. The van der Waals surface area contributed by atoms with Crippen LogP contribution in [0.5, 0.6) is 0 Å². The molecule has 5 atom stereocenters. The molecule has 0 bridgehead atoms. The average molecular weight is 256 g/mol. The largest absolute Gasteiger partial charge is 0.370 e. The molecule has 0 radical (unpaired) electrons. The fraction of sp³-hybridized carbons (Fsp3) is 0.846. The zero-order chi connectivity index (χ0) is 12.9. The third-order valence-electron chi connectivity index (χ3n) is 3.82. The van der Waals surface area contributed by atoms with Gasteiger partial charge in [0, 0.05) is 7.11 Å². The van der Waals surface area contributed by atoms with Gasteiger partial charge in [-0.15, -0.1) is 0 Å². The highest BCUT2D eigenvalue weighted by Crippen LogP contribution is 2.42. The van der Waals surface area contributed by atoms with E-state index < -0.39 is 5.79 Å². The molecule has 0 N–H and O–H groups in total. The molecular weight excluding hydrogens is 236 g/mol. The Morgan fingerprint density at radius 3 is 2.72 bits per heavy atom. The lowest BCUT2D eigenvalue weighted by molar-refractivity contribution is -0.185. The standard InChI is InChI=1S/C13H20O5/c1-7-5-15-11-9(7)12(14-4)17-10(11)8-6-16-13(2,3)18-8/h8-12H,1,5-6H2,2-4H3/t8-,9-,10+,11+,12+/m0/s1. The predicted octanol–water partition coefficient (Wildman–Crippen LogP) is 1.08. The van der Waals surface area contributed by atoms with Crippen LogP contribution >= 0.6 is 0 Å². The van der Waals surface area contributed by atoms with E-state index in [-0.39, 0.29) is 30.5 Å². The van der Waals surface area contributed by atoms with E-state index in [1.54, 1.807) is 7.11 Å². The third-order valence-corrected chi connectivity index (χ3v) is 3.82. The number of hydrogen-bond donors (Lipinski definition) is 0. The summed E-state index contributed by atoms with van der Waals surface area (Å²) in [5, 5.41) is 0. The number of ether oxygens (including phenoxy) is 5. The molecule has 3 rings (SSSR count). The van der Waals surface area contributed by atoms with E-state index in [1.807, 2.05) is 13.8 Å². The molecule has 0 aliphatic carbocycles. The van der Waals surface area contributed by atoms with Gasteiger partial charge in [0.1, 0.15) is 12.2 Å². The lowest BCUT2D eigenvalue weighted by atomic mass is 9.94. The van der Waals surface area contributed by atoms with E-state index in [2.05, 4.69) is 6.58 Å². The van der Waals surface area contributed by atoms with Gasteiger partial charge in [-0.25, -0.2) is 0 Å². The van der Waals surface area contributed by atoms with E-state index in [0.717, 1.165) is 5.57 Å². The van der Waals surface area contributed by atoms with Gasteiger partial charge in [0.25, 0.3) is 0 Å². The fourth-order valence-electron chi connectivity index (χ4n) is 2.98. The van der Waals surface area contributed by atoms with Crippen LogP contribution < -0.4 is 0 Å². The molecule has 3 fully saturated rings. The second-order valence-corrected chi connectivity index (χ2v) is 5.53. The van der Waals surface area contributed by atoms with Crippen LogP contribution in [0.3, 0.4) is 0 Å². The van der Waals surface area contributed by atoms with E-state index in [1.165, 1.54) is 0 Å². The molecular formula is C13H20O5. The molecule has 0 unspecified atom stereocenters. The Morgan fingerprint density at radius 1 is 1.33 bits per heavy atom. The van der Waals surface area contributed by atoms with Crippen molar-refractivity contribution in [3.63, 3.8) is 0 Å². The number of fused-ring (bicyclic) bond motifs is 1. The summed E-state index contributed by atoms with van der Waals surface area (Å²) in [6.07, 6.45) is -0.591. The summed E-state index contributed by atoms with van der Waals surface area (Å²) >= 11 is 0. The predicted molar refractivity (Wildman–Crippen MR) is 62.9 cm³/mol. The van der Waals surface area contributed by atoms with Crippen molar-refractivity contribution < 1.29 is 23.7 Å². The van der Waals surface area contributed by atoms with Gasteiger partial charge in [-0.05, 0) is 19.4 Å². The Balaban J connectivity index is 1.76. The summed E-state index contributed by atoms with van der Waals surface area (Å²) in [4.78, 5) is 0. The Hall–Kier alpha value is -0.460. The van der Waals surface area contributed by atoms with Crippen LogP contribution in [0.25, 0.3) is 0 Å². The van der Waals surface area contributed by atoms with Crippen LogP contribution in [0.15, 0.2) is 12.2 Å². The molecule has 3 aliphatic heterocycles. The SMILES string of the molecule is C=C1CO[C@H]2[C@@H]([C@@H]3COC(C)(C)O3)O[C@@H](OC)[C@@H]12. The molecule has 18 heavy (non-hydrogen) atoms. The maximum Gasteiger partial charge on any atom is 0.166 e. The normalized spacial score (nSPS) is 46.6. The van der Waals surface area contributed by atoms with Gasteiger partial charge in [-0.1, -0.05) is 6.58 Å². The highest BCUT2D eigenvalue weighted by atomic mass is 16.8. The first kappa shape index (κ1) is 12.6. The van der Waals surface area contributed by atoms with Gasteiger partial charge in [-0.3, -0.25) is 0 Å². The third kappa shape index (κ3) is 1.90. The molecule has 3 saturated heterocycles. The minimum atomic E-state index is -0.551. The Morgan fingerprint density at radius 2 is 2.11 bits per heavy atom. The minimum absolute atomic E-state index is 0.0371. The number of hydrogen-bond acceptors (Lipinski definition) is 5. The Kier molecular flexibility index (Phi) is 2.99. The molecule has 0 aromatic rings. The van der Waals surface area contributed by atoms with Gasteiger partial charge < -0.3 is 23.7 Å². The van der Waals surface area contributed by atoms with E-state index in [0.29, 0.717) is 13.2 Å². The molecule has 0 saturated carbocycles. The average Bonchev–Trinajstić information content (AvgIpc) is 2.95. The Labute approximate surface area is 107 Å². The summed E-state index contributed by atoms with van der Waals surface area (Å²) in [6, 6.07) is 0. The number of methoxy groups -OCH3 is 1. The lowest BCUT2D eigenvalue weighted by Crippen LogP contribution is -2.38. The van der Waals surface area contributed by atoms with Crippen molar-refractivity contribution in [2.45, 2.75) is 44.2 Å². The first-order chi connectivity index (χ1) is 8.52. The second kappa shape index (κ2) is 4.28. The van der Waals surface area contributed by atoms with E-state index >= 15 is 0 Å². The van der Waals surface area contributed by atoms with Crippen LogP contribution in [0.2, 0.25) is 0 Å². The highest BCUT2D eigenvalue weighted by Gasteiger charge is 2.55. The van der Waals surface area contributed by atoms with Crippen LogP contribution in [0.4, 0.5) is 0 Å². The molecule has 0 amide bonds. The molecule has 3 aliphatic rings. The van der Waals surface area contributed by atoms with Crippen molar-refractivity contribution in [1.29, 1.82) is 0 Å². The van der Waals surface area contributed by atoms with Crippen LogP contribution in [0, 0.1) is 5.92 Å². The summed E-state index contributed by atoms with van der Waals surface area (Å²) in [7, 11) is 1.64. The van der Waals surface area contributed by atoms with Gasteiger partial charge in [0.15, 0.2) is 12.1 Å². The van der Waals surface area contributed by atoms with E-state index in [9.17, 15) is 0 Å². The maximum absolute atomic E-state index is 5.91. The zero-order valence-corrected chi connectivity index (χ0v) is 11.0. The van der Waals surface area contributed by atoms with Crippen molar-refractivity contribution in [2.75, 3.05) is 20.3 Å². The van der Waals surface area contributed by atoms with Gasteiger partial charge in [0.2, 0.25) is 0 Å². The molecule has 0 aromatic heterocycles. The topological polar surface area (TPSA) is 46.2 Å². The number of rotatable bonds is 2. The molecule has 0 aromatic carbocycles. The monoisotopic (exact) mass is 256 g/mol. The van der Waals surface area contributed by atoms with Gasteiger partial charge >= 0.3 is 0 Å². The smallest absolute Gasteiger partial charge is 0.166 e. The van der Waals surface area contributed by atoms with Crippen LogP contribution in [-0.4, -0.2) is 50.7 Å². The first-order valence-electron chi connectivity index (χ1n) is 6.31. The van der Waals surface area contributed by atoms with Crippen molar-refractivity contribution in [1.82, 2.24) is 0 Å². The van der Waals surface area contributed by atoms with Crippen molar-refractivity contribution in [3.05, 3.63) is 12.2 Å². The highest BCUT2D eigenvalue weighted by molar-refractivity contribution is 5.15. The summed E-state index contributed by atoms with van der Waals surface area (Å²) in [5.74, 6) is -0.447. The van der Waals surface area contributed by atoms with E-state index in [4.69, 9.17) is 23.7 Å². The molecule has 3 heterocycles. The first-order valence-corrected chi connectivity index (χ1v) is 6.31. The zero-order valence-electron chi connectivity index (χ0n) is 11.0. The van der Waals surface area contributed by atoms with Crippen molar-refractivity contribution >= 4 is 0 Å². The molecule has 102 valence electrons. The summed E-state index contributed by atoms with van der Waals surface area (Å²) in [6.45, 7) is 8.93. The van der Waals surface area contributed by atoms with Gasteiger partial charge in [0.05, 0.1) is 25.2 Å². The molecule has 5 heteroatoms. The molecule has 5 nitrogen and oxygen atoms in total. The lowest BCUT2D eigenvalue weighted by Gasteiger charge is -2.23. The quantitative estimate of drug-likeness (QED) is 0.692. The van der Waals surface area contributed by atoms with Gasteiger partial charge in [-0.2, -0.15) is 0 Å². The molecule has 0 spiro atoms. The van der Waals surface area contributed by atoms with Crippen LogP contribution in [-0.2, 0) is 23.7 Å². The minimum Gasteiger partial charge on any atom is -0.370 e. The maximum atomic E-state index is 5.91. The van der Waals surface area contributed by atoms with Crippen molar-refractivity contribution in [3.8, 4) is 0 Å². The fourth-order valence-corrected chi connectivity index (χ4v) is 2.98.